The van der Waals surface area contributed by atoms with Gasteiger partial charge < -0.3 is 19.7 Å². The van der Waals surface area contributed by atoms with E-state index in [0.717, 1.165) is 0 Å². The predicted molar refractivity (Wildman–Crippen MR) is 80.1 cm³/mol. The molecule has 7 nitrogen and oxygen atoms in total. The highest BCUT2D eigenvalue weighted by molar-refractivity contribution is 6.02. The number of aromatic carboxylic acids is 1. The summed E-state index contributed by atoms with van der Waals surface area (Å²) in [5, 5.41) is 18.3. The van der Waals surface area contributed by atoms with Gasteiger partial charge in [0.05, 0.1) is 24.3 Å². The van der Waals surface area contributed by atoms with Crippen LogP contribution in [0.2, 0.25) is 0 Å². The molecule has 0 heterocycles. The first-order chi connectivity index (χ1) is 10.9. The van der Waals surface area contributed by atoms with E-state index in [4.69, 9.17) is 14.6 Å². The smallest absolute Gasteiger partial charge is 0.339 e. The van der Waals surface area contributed by atoms with Gasteiger partial charge in [-0.2, -0.15) is 0 Å². The van der Waals surface area contributed by atoms with Crippen LogP contribution in [0.1, 0.15) is 34.1 Å². The van der Waals surface area contributed by atoms with E-state index >= 15 is 0 Å². The Bertz CT molecular complexity index is 606. The average Bonchev–Trinajstić information content (AvgIpc) is 2.53. The average molecular weight is 322 g/mol. The molecule has 0 radical (unpaired) electrons. The Kier molecular flexibility index (Phi) is 6.95. The minimum atomic E-state index is -1.26. The van der Waals surface area contributed by atoms with E-state index in [-0.39, 0.29) is 29.7 Å². The fourth-order valence-corrected chi connectivity index (χ4v) is 1.66. The summed E-state index contributed by atoms with van der Waals surface area (Å²) in [6.07, 6.45) is -0.835. The van der Waals surface area contributed by atoms with Crippen LogP contribution in [0.5, 0.6) is 0 Å². The summed E-state index contributed by atoms with van der Waals surface area (Å²) < 4.78 is 9.90. The van der Waals surface area contributed by atoms with Gasteiger partial charge in [0.2, 0.25) is 0 Å². The molecule has 0 aliphatic heterocycles. The lowest BCUT2D eigenvalue weighted by molar-refractivity contribution is -0.139. The van der Waals surface area contributed by atoms with Gasteiger partial charge in [0.1, 0.15) is 6.10 Å². The van der Waals surface area contributed by atoms with Crippen molar-refractivity contribution in [1.82, 2.24) is 0 Å². The van der Waals surface area contributed by atoms with Crippen LogP contribution in [-0.4, -0.2) is 47.4 Å². The highest BCUT2D eigenvalue weighted by atomic mass is 16.6. The van der Waals surface area contributed by atoms with Gasteiger partial charge in [-0.3, -0.25) is 0 Å². The molecule has 1 aromatic rings. The predicted octanol–water partition coefficient (Wildman–Crippen LogP) is 1.41. The number of carbonyl (C=O) groups is 3. The van der Waals surface area contributed by atoms with Crippen molar-refractivity contribution < 1.29 is 34.1 Å². The van der Waals surface area contributed by atoms with Crippen molar-refractivity contribution >= 4 is 17.9 Å². The van der Waals surface area contributed by atoms with E-state index in [2.05, 4.69) is 6.58 Å². The number of aliphatic hydroxyl groups is 1. The minimum Gasteiger partial charge on any atom is -0.478 e. The number of benzene rings is 1. The van der Waals surface area contributed by atoms with Gasteiger partial charge in [-0.15, -0.1) is 0 Å². The highest BCUT2D eigenvalue weighted by Crippen LogP contribution is 2.12. The maximum atomic E-state index is 12.0. The minimum absolute atomic E-state index is 0.0647. The van der Waals surface area contributed by atoms with Crippen molar-refractivity contribution in [3.8, 4) is 0 Å². The molecule has 0 saturated heterocycles. The standard InChI is InChI=1S/C16H18O7/c1-10(2)15(20)22-8-7-11(9-17)23-16(21)13-6-4-3-5-12(13)14(18)19/h3-6,11,17H,1,7-9H2,2H3,(H,18,19). The Morgan fingerprint density at radius 1 is 1.22 bits per heavy atom. The third kappa shape index (κ3) is 5.55. The fourth-order valence-electron chi connectivity index (χ4n) is 1.66. The van der Waals surface area contributed by atoms with Crippen LogP contribution >= 0.6 is 0 Å². The molecule has 124 valence electrons. The first-order valence-corrected chi connectivity index (χ1v) is 6.83. The number of ether oxygens (including phenoxy) is 2. The van der Waals surface area contributed by atoms with Gasteiger partial charge in [0, 0.05) is 12.0 Å². The van der Waals surface area contributed by atoms with Crippen molar-refractivity contribution in [2.45, 2.75) is 19.4 Å². The maximum absolute atomic E-state index is 12.0. The number of esters is 2. The highest BCUT2D eigenvalue weighted by Gasteiger charge is 2.21. The summed E-state index contributed by atoms with van der Waals surface area (Å²) in [5.41, 5.74) is -0.0711. The largest absolute Gasteiger partial charge is 0.478 e. The fraction of sp³-hybridized carbons (Fsp3) is 0.312. The van der Waals surface area contributed by atoms with Crippen molar-refractivity contribution in [3.05, 3.63) is 47.5 Å². The number of aliphatic hydroxyl groups excluding tert-OH is 1. The zero-order valence-electron chi connectivity index (χ0n) is 12.7. The van der Waals surface area contributed by atoms with Crippen LogP contribution in [0.3, 0.4) is 0 Å². The molecular formula is C16H18O7. The van der Waals surface area contributed by atoms with Crippen LogP contribution in [-0.2, 0) is 14.3 Å². The quantitative estimate of drug-likeness (QED) is 0.550. The summed E-state index contributed by atoms with van der Waals surface area (Å²) in [6.45, 7) is 4.37. The van der Waals surface area contributed by atoms with E-state index in [9.17, 15) is 19.5 Å². The zero-order valence-corrected chi connectivity index (χ0v) is 12.7. The molecule has 2 N–H and O–H groups in total. The summed E-state index contributed by atoms with van der Waals surface area (Å²) in [5.74, 6) is -2.70. The summed E-state index contributed by atoms with van der Waals surface area (Å²) >= 11 is 0. The number of carboxylic acids is 1. The number of rotatable bonds is 8. The van der Waals surface area contributed by atoms with Gasteiger partial charge in [-0.1, -0.05) is 18.7 Å². The Labute approximate surface area is 133 Å². The summed E-state index contributed by atoms with van der Waals surface area (Å²) in [4.78, 5) is 34.3. The van der Waals surface area contributed by atoms with Crippen LogP contribution in [0, 0.1) is 0 Å². The Hall–Kier alpha value is -2.67. The Balaban J connectivity index is 2.65. The van der Waals surface area contributed by atoms with Crippen LogP contribution in [0.25, 0.3) is 0 Å². The molecule has 0 bridgehead atoms. The van der Waals surface area contributed by atoms with E-state index in [1.807, 2.05) is 0 Å². The molecule has 0 fully saturated rings. The van der Waals surface area contributed by atoms with E-state index in [1.165, 1.54) is 31.2 Å². The van der Waals surface area contributed by atoms with E-state index < -0.39 is 30.6 Å². The molecule has 1 unspecified atom stereocenters. The van der Waals surface area contributed by atoms with Gasteiger partial charge in [0.15, 0.2) is 0 Å². The topological polar surface area (TPSA) is 110 Å². The lowest BCUT2D eigenvalue weighted by Gasteiger charge is -2.16. The third-order valence-electron chi connectivity index (χ3n) is 2.88. The summed E-state index contributed by atoms with van der Waals surface area (Å²) in [7, 11) is 0. The number of carbonyl (C=O) groups excluding carboxylic acids is 2. The van der Waals surface area contributed by atoms with Crippen LogP contribution in [0.15, 0.2) is 36.4 Å². The van der Waals surface area contributed by atoms with Gasteiger partial charge >= 0.3 is 17.9 Å². The second-order valence-corrected chi connectivity index (χ2v) is 4.77. The molecule has 0 amide bonds. The molecule has 23 heavy (non-hydrogen) atoms. The lowest BCUT2D eigenvalue weighted by atomic mass is 10.1. The number of hydrogen-bond acceptors (Lipinski definition) is 6. The SMILES string of the molecule is C=C(C)C(=O)OCCC(CO)OC(=O)c1ccccc1C(=O)O. The Morgan fingerprint density at radius 2 is 1.83 bits per heavy atom. The Morgan fingerprint density at radius 3 is 2.35 bits per heavy atom. The van der Waals surface area contributed by atoms with E-state index in [0.29, 0.717) is 0 Å². The molecule has 0 aliphatic carbocycles. The molecule has 0 aromatic heterocycles. The molecular weight excluding hydrogens is 304 g/mol. The third-order valence-corrected chi connectivity index (χ3v) is 2.88. The maximum Gasteiger partial charge on any atom is 0.339 e. The summed E-state index contributed by atoms with van der Waals surface area (Å²) in [6, 6.07) is 5.59. The monoisotopic (exact) mass is 322 g/mol. The second kappa shape index (κ2) is 8.70. The number of carboxylic acid groups (broad SMARTS) is 1. The van der Waals surface area contributed by atoms with Crippen molar-refractivity contribution in [2.24, 2.45) is 0 Å². The van der Waals surface area contributed by atoms with Gasteiger partial charge in [-0.05, 0) is 19.1 Å². The molecule has 1 rings (SSSR count). The molecule has 1 atom stereocenters. The van der Waals surface area contributed by atoms with Gasteiger partial charge in [-0.25, -0.2) is 14.4 Å². The normalized spacial score (nSPS) is 11.4. The molecule has 7 heteroatoms. The van der Waals surface area contributed by atoms with Crippen molar-refractivity contribution in [2.75, 3.05) is 13.2 Å². The molecule has 0 aliphatic rings. The van der Waals surface area contributed by atoms with E-state index in [1.54, 1.807) is 0 Å². The number of hydrogen-bond donors (Lipinski definition) is 2. The van der Waals surface area contributed by atoms with Gasteiger partial charge in [0.25, 0.3) is 0 Å². The lowest BCUT2D eigenvalue weighted by Crippen LogP contribution is -2.25. The first kappa shape index (κ1) is 18.4. The molecule has 1 aromatic carbocycles. The van der Waals surface area contributed by atoms with Crippen LogP contribution in [0.4, 0.5) is 0 Å². The van der Waals surface area contributed by atoms with Crippen molar-refractivity contribution in [3.63, 3.8) is 0 Å². The molecule has 0 saturated carbocycles. The van der Waals surface area contributed by atoms with Crippen molar-refractivity contribution in [1.29, 1.82) is 0 Å². The van der Waals surface area contributed by atoms with Crippen LogP contribution < -0.4 is 0 Å². The second-order valence-electron chi connectivity index (χ2n) is 4.77. The zero-order chi connectivity index (χ0) is 17.4. The first-order valence-electron chi connectivity index (χ1n) is 6.83. The molecule has 0 spiro atoms.